The number of nitrogens with one attached hydrogen (secondary N) is 1. The highest BCUT2D eigenvalue weighted by atomic mass is 16.1. The summed E-state index contributed by atoms with van der Waals surface area (Å²) >= 11 is 0. The molecule has 0 atom stereocenters. The average Bonchev–Trinajstić information content (AvgIpc) is 3.36. The second kappa shape index (κ2) is 6.99. The monoisotopic (exact) mass is 442 g/mol. The lowest BCUT2D eigenvalue weighted by atomic mass is 9.61. The predicted octanol–water partition coefficient (Wildman–Crippen LogP) is 2.93. The summed E-state index contributed by atoms with van der Waals surface area (Å²) in [6, 6.07) is 8.19. The van der Waals surface area contributed by atoms with E-state index in [0.717, 1.165) is 53.7 Å². The third-order valence-corrected chi connectivity index (χ3v) is 7.30. The number of nitrogens with two attached hydrogens (primary N) is 1. The Hall–Kier alpha value is -3.52. The number of hydrogen-bond donors (Lipinski definition) is 2. The van der Waals surface area contributed by atoms with E-state index in [1.54, 1.807) is 24.0 Å². The van der Waals surface area contributed by atoms with Crippen LogP contribution in [0.2, 0.25) is 0 Å². The van der Waals surface area contributed by atoms with Gasteiger partial charge in [-0.05, 0) is 61.8 Å². The number of hydrogen-bond acceptors (Lipinski definition) is 5. The number of aromatic amines is 1. The minimum Gasteiger partial charge on any atom is -0.356 e. The van der Waals surface area contributed by atoms with Crippen molar-refractivity contribution in [2.45, 2.75) is 50.0 Å². The van der Waals surface area contributed by atoms with Crippen LogP contribution in [-0.2, 0) is 12.5 Å². The van der Waals surface area contributed by atoms with E-state index < -0.39 is 0 Å². The molecule has 0 radical (unpaired) electrons. The quantitative estimate of drug-likeness (QED) is 0.462. The van der Waals surface area contributed by atoms with Crippen LogP contribution in [0.25, 0.3) is 16.6 Å². The van der Waals surface area contributed by atoms with E-state index in [0.29, 0.717) is 17.0 Å². The van der Waals surface area contributed by atoms with Crippen molar-refractivity contribution < 1.29 is 4.79 Å². The fraction of sp³-hybridized carbons (Fsp3) is 0.360. The molecule has 0 aliphatic heterocycles. The minimum atomic E-state index is -0.318. The molecular formula is C25H26N6O2. The summed E-state index contributed by atoms with van der Waals surface area (Å²) in [4.78, 5) is 28.8. The number of pyridine rings is 1. The molecule has 1 aromatic carbocycles. The first-order chi connectivity index (χ1) is 15.9. The van der Waals surface area contributed by atoms with Crippen molar-refractivity contribution >= 4 is 16.7 Å². The van der Waals surface area contributed by atoms with Crippen molar-refractivity contribution in [3.63, 3.8) is 0 Å². The van der Waals surface area contributed by atoms with Crippen LogP contribution in [0.3, 0.4) is 0 Å². The highest BCUT2D eigenvalue weighted by Gasteiger charge is 2.48. The van der Waals surface area contributed by atoms with E-state index in [4.69, 9.17) is 5.73 Å². The molecule has 2 aliphatic carbocycles. The molecule has 3 heterocycles. The number of carbonyl (C=O) groups excluding carboxylic acids is 1. The summed E-state index contributed by atoms with van der Waals surface area (Å²) in [5, 5.41) is 9.27. The van der Waals surface area contributed by atoms with Crippen LogP contribution in [0.15, 0.2) is 47.8 Å². The van der Waals surface area contributed by atoms with Gasteiger partial charge in [-0.1, -0.05) is 12.1 Å². The molecule has 0 spiro atoms. The molecule has 33 heavy (non-hydrogen) atoms. The van der Waals surface area contributed by atoms with Crippen molar-refractivity contribution in [1.82, 2.24) is 24.3 Å². The van der Waals surface area contributed by atoms with Crippen molar-refractivity contribution in [3.05, 3.63) is 75.9 Å². The van der Waals surface area contributed by atoms with E-state index in [-0.39, 0.29) is 22.8 Å². The molecule has 2 fully saturated rings. The number of rotatable bonds is 5. The van der Waals surface area contributed by atoms with Gasteiger partial charge in [-0.2, -0.15) is 0 Å². The number of H-pyrrole nitrogens is 1. The second-order valence-electron chi connectivity index (χ2n) is 9.61. The van der Waals surface area contributed by atoms with Crippen LogP contribution >= 0.6 is 0 Å². The van der Waals surface area contributed by atoms with E-state index >= 15 is 0 Å². The van der Waals surface area contributed by atoms with Crippen LogP contribution < -0.4 is 11.3 Å². The van der Waals surface area contributed by atoms with Gasteiger partial charge < -0.3 is 15.3 Å². The lowest BCUT2D eigenvalue weighted by Gasteiger charge is -2.45. The summed E-state index contributed by atoms with van der Waals surface area (Å²) in [5.74, 6) is 1.23. The average molecular weight is 443 g/mol. The normalized spacial score (nSPS) is 22.5. The highest BCUT2D eigenvalue weighted by Crippen LogP contribution is 2.48. The molecule has 6 rings (SSSR count). The fourth-order valence-electron chi connectivity index (χ4n) is 5.50. The predicted molar refractivity (Wildman–Crippen MR) is 125 cm³/mol. The van der Waals surface area contributed by atoms with Gasteiger partial charge in [-0.3, -0.25) is 14.2 Å². The number of aromatic nitrogens is 5. The molecule has 0 saturated heterocycles. The second-order valence-corrected chi connectivity index (χ2v) is 9.61. The Kier molecular flexibility index (Phi) is 4.26. The molecule has 168 valence electrons. The summed E-state index contributed by atoms with van der Waals surface area (Å²) in [5.41, 5.74) is 9.77. The number of ketones is 1. The Bertz CT molecular complexity index is 1470. The van der Waals surface area contributed by atoms with Gasteiger partial charge in [0.05, 0.1) is 5.41 Å². The zero-order valence-corrected chi connectivity index (χ0v) is 18.7. The van der Waals surface area contributed by atoms with Gasteiger partial charge in [0.1, 0.15) is 17.7 Å². The minimum absolute atomic E-state index is 0.0331. The van der Waals surface area contributed by atoms with Crippen LogP contribution in [0.4, 0.5) is 0 Å². The van der Waals surface area contributed by atoms with Gasteiger partial charge in [0.25, 0.3) is 5.56 Å². The lowest BCUT2D eigenvalue weighted by molar-refractivity contribution is 0.101. The van der Waals surface area contributed by atoms with Crippen LogP contribution in [0.5, 0.6) is 0 Å². The summed E-state index contributed by atoms with van der Waals surface area (Å²) in [7, 11) is 1.95. The summed E-state index contributed by atoms with van der Waals surface area (Å²) < 4.78 is 3.66. The molecule has 0 amide bonds. The molecule has 2 saturated carbocycles. The first-order valence-electron chi connectivity index (χ1n) is 11.4. The van der Waals surface area contributed by atoms with Gasteiger partial charge in [-0.15, -0.1) is 10.2 Å². The maximum absolute atomic E-state index is 13.5. The summed E-state index contributed by atoms with van der Waals surface area (Å²) in [6.07, 6.45) is 9.02. The maximum atomic E-state index is 13.5. The maximum Gasteiger partial charge on any atom is 0.279 e. The van der Waals surface area contributed by atoms with Crippen LogP contribution in [-0.4, -0.2) is 36.1 Å². The van der Waals surface area contributed by atoms with Gasteiger partial charge in [0.15, 0.2) is 5.78 Å². The van der Waals surface area contributed by atoms with Crippen molar-refractivity contribution in [3.8, 4) is 5.69 Å². The highest BCUT2D eigenvalue weighted by molar-refractivity contribution is 6.08. The van der Waals surface area contributed by atoms with E-state index in [1.807, 2.05) is 29.9 Å². The molecule has 8 heteroatoms. The molecule has 4 aromatic rings. The third kappa shape index (κ3) is 2.94. The van der Waals surface area contributed by atoms with Gasteiger partial charge in [0, 0.05) is 42.1 Å². The smallest absolute Gasteiger partial charge is 0.279 e. The topological polar surface area (TPSA) is 112 Å². The molecule has 3 N–H and O–H groups in total. The van der Waals surface area contributed by atoms with Crippen LogP contribution in [0, 0.1) is 0 Å². The number of Topliss-reactive ketones (excluding diaryl/α,β-unsaturated/α-hetero) is 1. The largest absolute Gasteiger partial charge is 0.356 e. The van der Waals surface area contributed by atoms with Crippen molar-refractivity contribution in [2.75, 3.05) is 0 Å². The van der Waals surface area contributed by atoms with Crippen molar-refractivity contribution in [2.24, 2.45) is 12.8 Å². The van der Waals surface area contributed by atoms with Gasteiger partial charge in [-0.25, -0.2) is 0 Å². The number of aryl methyl sites for hydroxylation is 1. The number of benzene rings is 1. The third-order valence-electron chi connectivity index (χ3n) is 7.30. The summed E-state index contributed by atoms with van der Waals surface area (Å²) in [6.45, 7) is 1.55. The Balaban J connectivity index is 1.53. The molecule has 8 nitrogen and oxygen atoms in total. The standard InChI is InChI=1S/C25H26N6O2/c1-14(32)19-11-27-22-21(19)20(15-6-7-15)12-31(23(22)33)18-5-3-4-16(8-18)25(9-17(26)10-25)24-29-28-13-30(24)2/h3-5,8,11-13,15,17,27H,6-7,9-10,26H2,1-2H3. The van der Waals surface area contributed by atoms with E-state index in [1.165, 1.54) is 0 Å². The zero-order chi connectivity index (χ0) is 22.9. The fourth-order valence-corrected chi connectivity index (χ4v) is 5.50. The zero-order valence-electron chi connectivity index (χ0n) is 18.7. The Morgan fingerprint density at radius 2 is 2.06 bits per heavy atom. The molecule has 3 aromatic heterocycles. The molecular weight excluding hydrogens is 416 g/mol. The first-order valence-corrected chi connectivity index (χ1v) is 11.4. The Morgan fingerprint density at radius 1 is 1.27 bits per heavy atom. The Morgan fingerprint density at radius 3 is 2.70 bits per heavy atom. The first kappa shape index (κ1) is 20.1. The van der Waals surface area contributed by atoms with Crippen LogP contribution in [0.1, 0.15) is 65.8 Å². The molecule has 2 aliphatic rings. The molecule has 0 unspecified atom stereocenters. The number of carbonyl (C=O) groups is 1. The van der Waals surface area contributed by atoms with Gasteiger partial charge in [0.2, 0.25) is 0 Å². The van der Waals surface area contributed by atoms with Crippen molar-refractivity contribution in [1.29, 1.82) is 0 Å². The van der Waals surface area contributed by atoms with Gasteiger partial charge >= 0.3 is 0 Å². The SMILES string of the molecule is CC(=O)c1c[nH]c2c(=O)n(-c3cccc(C4(c5nncn5C)CC(N)C4)c3)cc(C3CC3)c12. The molecule has 0 bridgehead atoms. The number of nitrogens with zero attached hydrogens (tertiary/aromatic N) is 4. The van der Waals surface area contributed by atoms with E-state index in [9.17, 15) is 9.59 Å². The lowest BCUT2D eigenvalue weighted by Crippen LogP contribution is -2.51. The van der Waals surface area contributed by atoms with E-state index in [2.05, 4.69) is 27.3 Å². The number of fused-ring (bicyclic) bond motifs is 1. The Labute approximate surface area is 190 Å².